The van der Waals surface area contributed by atoms with Crippen LogP contribution in [-0.4, -0.2) is 60.2 Å². The van der Waals surface area contributed by atoms with Gasteiger partial charge in [0.1, 0.15) is 0 Å². The predicted octanol–water partition coefficient (Wildman–Crippen LogP) is 1.51. The van der Waals surface area contributed by atoms with Crippen LogP contribution in [0.3, 0.4) is 0 Å². The van der Waals surface area contributed by atoms with Gasteiger partial charge in [0.05, 0.1) is 12.6 Å². The molecule has 30 heavy (non-hydrogen) atoms. The number of hydrogen-bond acceptors (Lipinski definition) is 5. The van der Waals surface area contributed by atoms with Crippen LogP contribution >= 0.6 is 0 Å². The number of piperidine rings is 2. The van der Waals surface area contributed by atoms with Gasteiger partial charge in [-0.2, -0.15) is 5.26 Å². The summed E-state index contributed by atoms with van der Waals surface area (Å²) in [6.45, 7) is 4.61. The summed E-state index contributed by atoms with van der Waals surface area (Å²) in [5.74, 6) is -0.569. The fourth-order valence-electron chi connectivity index (χ4n) is 4.05. The quantitative estimate of drug-likeness (QED) is 0.761. The van der Waals surface area contributed by atoms with Gasteiger partial charge >= 0.3 is 0 Å². The molecule has 0 unspecified atom stereocenters. The molecule has 2 aliphatic heterocycles. The number of aryl methyl sites for hydroxylation is 1. The number of nitriles is 1. The minimum absolute atomic E-state index is 0.0231. The first-order chi connectivity index (χ1) is 14.4. The van der Waals surface area contributed by atoms with Crippen molar-refractivity contribution in [2.24, 2.45) is 17.6 Å². The van der Waals surface area contributed by atoms with Crippen molar-refractivity contribution < 1.29 is 14.4 Å². The summed E-state index contributed by atoms with van der Waals surface area (Å²) >= 11 is 0. The Morgan fingerprint density at radius 1 is 1.13 bits per heavy atom. The maximum absolute atomic E-state index is 12.8. The number of benzene rings is 1. The summed E-state index contributed by atoms with van der Waals surface area (Å²) in [5.41, 5.74) is 7.41. The fraction of sp³-hybridized carbons (Fsp3) is 0.545. The van der Waals surface area contributed by atoms with Crippen LogP contribution in [-0.2, 0) is 9.59 Å². The Bertz CT molecular complexity index is 847. The molecule has 0 aliphatic carbocycles. The zero-order valence-corrected chi connectivity index (χ0v) is 17.4. The summed E-state index contributed by atoms with van der Waals surface area (Å²) in [6.07, 6.45) is 2.75. The van der Waals surface area contributed by atoms with Gasteiger partial charge in [0, 0.05) is 36.2 Å². The predicted molar refractivity (Wildman–Crippen MR) is 112 cm³/mol. The monoisotopic (exact) mass is 411 g/mol. The van der Waals surface area contributed by atoms with Crippen LogP contribution in [0.15, 0.2) is 18.2 Å². The number of rotatable bonds is 5. The average Bonchev–Trinajstić information content (AvgIpc) is 2.75. The van der Waals surface area contributed by atoms with Crippen molar-refractivity contribution in [2.45, 2.75) is 32.6 Å². The number of anilines is 1. The Kier molecular flexibility index (Phi) is 7.06. The summed E-state index contributed by atoms with van der Waals surface area (Å²) in [7, 11) is 0. The lowest BCUT2D eigenvalue weighted by Crippen LogP contribution is -2.42. The standard InChI is InChI=1S/C22H29N5O3/c1-15-2-3-18(22(30)27-10-4-16(13-23)5-11-27)12-19(15)25-20(28)14-26-8-6-17(7-9-26)21(24)29/h2-3,12,16-17H,4-11,14H2,1H3,(H2,24,29)(H,25,28). The van der Waals surface area contributed by atoms with E-state index in [2.05, 4.69) is 11.4 Å². The molecule has 3 amide bonds. The number of amides is 3. The van der Waals surface area contributed by atoms with Gasteiger partial charge in [-0.3, -0.25) is 19.3 Å². The van der Waals surface area contributed by atoms with Crippen LogP contribution in [0.4, 0.5) is 5.69 Å². The van der Waals surface area contributed by atoms with Gasteiger partial charge < -0.3 is 16.0 Å². The third kappa shape index (κ3) is 5.36. The first-order valence-corrected chi connectivity index (χ1v) is 10.5. The number of hydrogen-bond donors (Lipinski definition) is 2. The molecule has 2 saturated heterocycles. The van der Waals surface area contributed by atoms with E-state index in [0.29, 0.717) is 63.1 Å². The van der Waals surface area contributed by atoms with Crippen molar-refractivity contribution in [3.8, 4) is 6.07 Å². The summed E-state index contributed by atoms with van der Waals surface area (Å²) in [4.78, 5) is 40.4. The van der Waals surface area contributed by atoms with Gasteiger partial charge in [0.25, 0.3) is 5.91 Å². The molecule has 2 heterocycles. The van der Waals surface area contributed by atoms with E-state index < -0.39 is 0 Å². The van der Waals surface area contributed by atoms with Crippen molar-refractivity contribution in [3.05, 3.63) is 29.3 Å². The van der Waals surface area contributed by atoms with E-state index in [-0.39, 0.29) is 36.1 Å². The summed E-state index contributed by atoms with van der Waals surface area (Å²) in [6, 6.07) is 7.61. The number of primary amides is 1. The molecule has 2 aliphatic rings. The van der Waals surface area contributed by atoms with E-state index in [1.165, 1.54) is 0 Å². The zero-order chi connectivity index (χ0) is 21.7. The maximum atomic E-state index is 12.8. The SMILES string of the molecule is Cc1ccc(C(=O)N2CCC(C#N)CC2)cc1NC(=O)CN1CCC(C(N)=O)CC1. The highest BCUT2D eigenvalue weighted by atomic mass is 16.2. The molecular weight excluding hydrogens is 382 g/mol. The van der Waals surface area contributed by atoms with Crippen LogP contribution in [0.5, 0.6) is 0 Å². The lowest BCUT2D eigenvalue weighted by Gasteiger charge is -2.30. The van der Waals surface area contributed by atoms with Crippen molar-refractivity contribution in [1.29, 1.82) is 5.26 Å². The molecule has 160 valence electrons. The van der Waals surface area contributed by atoms with E-state index >= 15 is 0 Å². The molecule has 0 bridgehead atoms. The zero-order valence-electron chi connectivity index (χ0n) is 17.4. The topological polar surface area (TPSA) is 120 Å². The van der Waals surface area contributed by atoms with Gasteiger partial charge in [-0.25, -0.2) is 0 Å². The maximum Gasteiger partial charge on any atom is 0.253 e. The first-order valence-electron chi connectivity index (χ1n) is 10.5. The van der Waals surface area contributed by atoms with Crippen LogP contribution < -0.4 is 11.1 Å². The van der Waals surface area contributed by atoms with Gasteiger partial charge in [-0.05, 0) is 63.4 Å². The fourth-order valence-corrected chi connectivity index (χ4v) is 4.05. The summed E-state index contributed by atoms with van der Waals surface area (Å²) in [5, 5.41) is 11.9. The van der Waals surface area contributed by atoms with Gasteiger partial charge in [0.15, 0.2) is 0 Å². The molecule has 0 saturated carbocycles. The van der Waals surface area contributed by atoms with Crippen LogP contribution in [0.1, 0.15) is 41.6 Å². The molecule has 8 heteroatoms. The molecule has 0 radical (unpaired) electrons. The normalized spacial score (nSPS) is 18.6. The van der Waals surface area contributed by atoms with Crippen molar-refractivity contribution in [1.82, 2.24) is 9.80 Å². The minimum Gasteiger partial charge on any atom is -0.369 e. The van der Waals surface area contributed by atoms with Crippen molar-refractivity contribution >= 4 is 23.4 Å². The van der Waals surface area contributed by atoms with Crippen LogP contribution in [0.25, 0.3) is 0 Å². The molecule has 0 atom stereocenters. The van der Waals surface area contributed by atoms with Crippen LogP contribution in [0.2, 0.25) is 0 Å². The lowest BCUT2D eigenvalue weighted by atomic mass is 9.96. The number of nitrogens with zero attached hydrogens (tertiary/aromatic N) is 3. The van der Waals surface area contributed by atoms with Crippen LogP contribution in [0, 0.1) is 30.1 Å². The first kappa shape index (κ1) is 21.8. The highest BCUT2D eigenvalue weighted by molar-refractivity contribution is 5.98. The number of nitrogens with two attached hydrogens (primary N) is 1. The molecule has 1 aromatic rings. The molecule has 3 N–H and O–H groups in total. The molecule has 0 spiro atoms. The molecular formula is C22H29N5O3. The van der Waals surface area contributed by atoms with E-state index in [4.69, 9.17) is 11.0 Å². The van der Waals surface area contributed by atoms with E-state index in [9.17, 15) is 14.4 Å². The van der Waals surface area contributed by atoms with Gasteiger partial charge in [-0.1, -0.05) is 6.07 Å². The molecule has 2 fully saturated rings. The molecule has 8 nitrogen and oxygen atoms in total. The average molecular weight is 412 g/mol. The minimum atomic E-state index is -0.270. The third-order valence-corrected chi connectivity index (χ3v) is 6.08. The van der Waals surface area contributed by atoms with Crippen molar-refractivity contribution in [3.63, 3.8) is 0 Å². The van der Waals surface area contributed by atoms with Crippen molar-refractivity contribution in [2.75, 3.05) is 38.0 Å². The second kappa shape index (κ2) is 9.72. The Hall–Kier alpha value is -2.92. The Balaban J connectivity index is 1.57. The third-order valence-electron chi connectivity index (χ3n) is 6.08. The highest BCUT2D eigenvalue weighted by Gasteiger charge is 2.25. The number of carbonyl (C=O) groups excluding carboxylic acids is 3. The number of likely N-dealkylation sites (tertiary alicyclic amines) is 2. The van der Waals surface area contributed by atoms with E-state index in [1.807, 2.05) is 17.9 Å². The number of carbonyl (C=O) groups is 3. The van der Waals surface area contributed by atoms with E-state index in [1.54, 1.807) is 17.0 Å². The second-order valence-electron chi connectivity index (χ2n) is 8.23. The lowest BCUT2D eigenvalue weighted by molar-refractivity contribution is -0.123. The molecule has 0 aromatic heterocycles. The number of nitrogens with one attached hydrogen (secondary N) is 1. The van der Waals surface area contributed by atoms with Gasteiger partial charge in [-0.15, -0.1) is 0 Å². The molecule has 3 rings (SSSR count). The Labute approximate surface area is 177 Å². The van der Waals surface area contributed by atoms with E-state index in [0.717, 1.165) is 5.56 Å². The highest BCUT2D eigenvalue weighted by Crippen LogP contribution is 2.22. The second-order valence-corrected chi connectivity index (χ2v) is 8.23. The summed E-state index contributed by atoms with van der Waals surface area (Å²) < 4.78 is 0. The smallest absolute Gasteiger partial charge is 0.253 e. The molecule has 1 aromatic carbocycles. The Morgan fingerprint density at radius 3 is 2.40 bits per heavy atom. The van der Waals surface area contributed by atoms with Gasteiger partial charge in [0.2, 0.25) is 11.8 Å². The Morgan fingerprint density at radius 2 is 1.80 bits per heavy atom. The largest absolute Gasteiger partial charge is 0.369 e.